The summed E-state index contributed by atoms with van der Waals surface area (Å²) in [6.45, 7) is 0. The summed E-state index contributed by atoms with van der Waals surface area (Å²) in [4.78, 5) is 1.50. The Bertz CT molecular complexity index is 24.6. The smallest absolute Gasteiger partial charge is 0.693 e. The zero-order chi connectivity index (χ0) is 2.71. The predicted molar refractivity (Wildman–Crippen MR) is 15.4 cm³/mol. The van der Waals surface area contributed by atoms with E-state index in [2.05, 4.69) is 0 Å². The van der Waals surface area contributed by atoms with Gasteiger partial charge in [0.25, 0.3) is 0 Å². The minimum atomic E-state index is 0. The molecule has 0 aliphatic rings. The van der Waals surface area contributed by atoms with E-state index in [1.54, 1.807) is 0 Å². The van der Waals surface area contributed by atoms with Crippen LogP contribution in [0.3, 0.4) is 0 Å². The Labute approximate surface area is 51.8 Å². The molecule has 0 aliphatic heterocycles. The van der Waals surface area contributed by atoms with Crippen LogP contribution in [0.5, 0.6) is 0 Å². The molecule has 0 rings (SSSR count). The van der Waals surface area contributed by atoms with E-state index in [0.29, 0.717) is 0 Å². The number of hydrogen-bond donors (Lipinski definition) is 0. The van der Waals surface area contributed by atoms with Crippen LogP contribution in [0.1, 0.15) is 0 Å². The summed E-state index contributed by atoms with van der Waals surface area (Å²) in [5.74, 6) is 0. The predicted octanol–water partition coefficient (Wildman–Crippen LogP) is -1.41. The Kier molecular flexibility index (Phi) is 106. The molecule has 0 aliphatic carbocycles. The summed E-state index contributed by atoms with van der Waals surface area (Å²) >= 11 is 0. The van der Waals surface area contributed by atoms with E-state index >= 15 is 0 Å². The summed E-state index contributed by atoms with van der Waals surface area (Å²) in [6, 6.07) is 0. The average Bonchev–Trinajstić information content (AvgIpc) is 0.918. The van der Waals surface area contributed by atoms with Gasteiger partial charge >= 0.3 is 29.6 Å². The number of nitrogens with two attached hydrogens (primary N) is 1. The Balaban J connectivity index is -0.0000000200. The van der Waals surface area contributed by atoms with Gasteiger partial charge in [0.15, 0.2) is 0 Å². The fourth-order valence-electron chi connectivity index (χ4n) is 0. The van der Waals surface area contributed by atoms with Gasteiger partial charge in [0.1, 0.15) is 0 Å². The number of rotatable bonds is 0. The van der Waals surface area contributed by atoms with Crippen molar-refractivity contribution in [3.8, 4) is 0 Å². The van der Waals surface area contributed by atoms with Crippen LogP contribution in [-0.2, 0) is 0 Å². The molecule has 24 valence electrons. The molecule has 0 aromatic rings. The topological polar surface area (TPSA) is 92.2 Å². The Morgan fingerprint density at radius 1 is 1.20 bits per heavy atom. The average molecular weight is 81.0 g/mol. The van der Waals surface area contributed by atoms with E-state index in [4.69, 9.17) is 11.1 Å². The summed E-state index contributed by atoms with van der Waals surface area (Å²) in [5, 5.41) is 0. The van der Waals surface area contributed by atoms with E-state index in [9.17, 15) is 0 Å². The van der Waals surface area contributed by atoms with Gasteiger partial charge in [-0.05, 0) is 0 Å². The quantitative estimate of drug-likeness (QED) is 0.148. The van der Waals surface area contributed by atoms with Crippen molar-refractivity contribution >= 4 is 0 Å². The maximum Gasteiger partial charge on any atom is 1.00 e. The first-order valence-corrected chi connectivity index (χ1v) is 0.400. The second kappa shape index (κ2) is 28.3. The van der Waals surface area contributed by atoms with Crippen LogP contribution in [0.25, 0.3) is 22.1 Å². The van der Waals surface area contributed by atoms with Crippen LogP contribution >= 0.6 is 0 Å². The Morgan fingerprint density at radius 2 is 1.20 bits per heavy atom. The van der Waals surface area contributed by atoms with Gasteiger partial charge < -0.3 is 17.2 Å². The normalized spacial score (nSPS) is 1.60. The summed E-state index contributed by atoms with van der Waals surface area (Å²) in [7, 11) is 0. The first-order valence-electron chi connectivity index (χ1n) is 0.400. The van der Waals surface area contributed by atoms with Crippen molar-refractivity contribution in [1.82, 2.24) is 0 Å². The molecule has 0 aromatic heterocycles. The van der Waals surface area contributed by atoms with Gasteiger partial charge in [-0.25, -0.2) is 0 Å². The van der Waals surface area contributed by atoms with Gasteiger partial charge in [0.2, 0.25) is 0 Å². The minimum absolute atomic E-state index is 0. The van der Waals surface area contributed by atoms with Crippen molar-refractivity contribution in [3.05, 3.63) is 22.1 Å². The number of hydrogen-bond acceptors (Lipinski definition) is 0. The van der Waals surface area contributed by atoms with Gasteiger partial charge in [-0.1, -0.05) is 0 Å². The fourth-order valence-corrected chi connectivity index (χ4v) is 0. The van der Waals surface area contributed by atoms with E-state index in [0.717, 1.165) is 0 Å². The van der Waals surface area contributed by atoms with Gasteiger partial charge in [0.05, 0.1) is 0 Å². The molecule has 0 aromatic carbocycles. The molecule has 0 heterocycles. The zero-order valence-electron chi connectivity index (χ0n) is 2.92. The van der Waals surface area contributed by atoms with Crippen molar-refractivity contribution < 1.29 is 29.6 Å². The number of nitrogens with zero attached hydrogens (tertiary/aromatic N) is 3. The molecule has 0 saturated heterocycles. The van der Waals surface area contributed by atoms with Gasteiger partial charge in [-0.15, -0.1) is 0 Å². The molecule has 5 heavy (non-hydrogen) atoms. The van der Waals surface area contributed by atoms with Crippen molar-refractivity contribution in [1.29, 1.82) is 0 Å². The van der Waals surface area contributed by atoms with Gasteiger partial charge in [0, 0.05) is 0 Å². The molecule has 2 N–H and O–H groups in total. The van der Waals surface area contributed by atoms with E-state index in [1.807, 2.05) is 0 Å². The molecule has 5 heteroatoms. The second-order valence-corrected chi connectivity index (χ2v) is 0.0894. The largest absolute Gasteiger partial charge is 1.00 e. The van der Waals surface area contributed by atoms with Crippen LogP contribution in [0.4, 0.5) is 0 Å². The first-order chi connectivity index (χ1) is 1.41. The van der Waals surface area contributed by atoms with E-state index < -0.39 is 0 Å². The van der Waals surface area contributed by atoms with Crippen LogP contribution in [0.15, 0.2) is 0 Å². The van der Waals surface area contributed by atoms with Crippen LogP contribution in [-0.4, -0.2) is 0 Å². The minimum Gasteiger partial charge on any atom is -0.693 e. The molecule has 4 nitrogen and oxygen atoms in total. The molecule has 0 amide bonds. The Hall–Kier alpha value is 0.270. The molecule has 0 atom stereocenters. The van der Waals surface area contributed by atoms with E-state index in [-0.39, 0.29) is 35.7 Å². The van der Waals surface area contributed by atoms with Crippen molar-refractivity contribution in [2.75, 3.05) is 0 Å². The van der Waals surface area contributed by atoms with Crippen molar-refractivity contribution in [3.63, 3.8) is 0 Å². The van der Waals surface area contributed by atoms with Crippen LogP contribution in [0.2, 0.25) is 0 Å². The molecule has 0 unspecified atom stereocenters. The molecule has 0 bridgehead atoms. The third kappa shape index (κ3) is 302. The standard InChI is InChI=1S/N3.H2N.Na/c1-3-2;;/h;1H2;/q2*-1;+1. The summed E-state index contributed by atoms with van der Waals surface area (Å²) < 4.78 is 0. The molecule has 0 saturated carbocycles. The van der Waals surface area contributed by atoms with E-state index in [1.165, 1.54) is 4.91 Å². The molecule has 0 fully saturated rings. The van der Waals surface area contributed by atoms with Crippen molar-refractivity contribution in [2.45, 2.75) is 0 Å². The summed E-state index contributed by atoms with van der Waals surface area (Å²) in [6.07, 6.45) is 0. The third-order valence-corrected chi connectivity index (χ3v) is 0. The fraction of sp³-hybridized carbons (Fsp3) is 0. The SMILES string of the molecule is [N-]=[N+]=[N-].[NH2-].[Na+]. The molecular formula is H2N4Na-. The Morgan fingerprint density at radius 3 is 1.20 bits per heavy atom. The van der Waals surface area contributed by atoms with Crippen molar-refractivity contribution in [2.24, 2.45) is 0 Å². The molecule has 0 spiro atoms. The maximum atomic E-state index is 6.75. The maximum absolute atomic E-state index is 6.75. The van der Waals surface area contributed by atoms with Crippen LogP contribution < -0.4 is 29.6 Å². The van der Waals surface area contributed by atoms with Crippen LogP contribution in [0, 0.1) is 0 Å². The first kappa shape index (κ1) is 18.6. The van der Waals surface area contributed by atoms with Gasteiger partial charge in [-0.2, -0.15) is 0 Å². The molecule has 0 radical (unpaired) electrons. The zero-order valence-corrected chi connectivity index (χ0v) is 4.92. The summed E-state index contributed by atoms with van der Waals surface area (Å²) in [5.41, 5.74) is 13.5. The molecular weight excluding hydrogens is 79.0 g/mol. The second-order valence-electron chi connectivity index (χ2n) is 0.0894. The monoisotopic (exact) mass is 81.0 g/mol. The third-order valence-electron chi connectivity index (χ3n) is 0. The van der Waals surface area contributed by atoms with Gasteiger partial charge in [-0.3, -0.25) is 4.91 Å².